The molecule has 5 heteroatoms. The van der Waals surface area contributed by atoms with Gasteiger partial charge >= 0.3 is 0 Å². The maximum Gasteiger partial charge on any atom is 0.220 e. The molecule has 0 saturated carbocycles. The largest absolute Gasteiger partial charge is 0.356 e. The molecule has 1 aromatic heterocycles. The summed E-state index contributed by atoms with van der Waals surface area (Å²) in [7, 11) is 0. The van der Waals surface area contributed by atoms with Crippen LogP contribution in [0.1, 0.15) is 61.0 Å². The van der Waals surface area contributed by atoms with Gasteiger partial charge in [0.25, 0.3) is 0 Å². The van der Waals surface area contributed by atoms with Gasteiger partial charge in [0.2, 0.25) is 5.91 Å². The molecule has 0 aromatic carbocycles. The Morgan fingerprint density at radius 3 is 3.04 bits per heavy atom. The fourth-order valence-corrected chi connectivity index (χ4v) is 5.07. The number of fused-ring (bicyclic) bond motifs is 1. The van der Waals surface area contributed by atoms with Gasteiger partial charge in [-0.15, -0.1) is 11.3 Å². The van der Waals surface area contributed by atoms with Gasteiger partial charge in [-0.3, -0.25) is 4.79 Å². The number of hydrogen-bond acceptors (Lipinski definition) is 4. The Morgan fingerprint density at radius 2 is 2.25 bits per heavy atom. The Kier molecular flexibility index (Phi) is 6.67. The van der Waals surface area contributed by atoms with Gasteiger partial charge in [0, 0.05) is 24.3 Å². The molecule has 0 radical (unpaired) electrons. The minimum atomic E-state index is 0.214. The number of nitrogens with one attached hydrogen (secondary N) is 2. The number of aromatic nitrogens is 1. The first-order valence-corrected chi connectivity index (χ1v) is 10.5. The third-order valence-corrected chi connectivity index (χ3v) is 6.64. The first kappa shape index (κ1) is 17.9. The molecule has 0 spiro atoms. The van der Waals surface area contributed by atoms with Crippen LogP contribution in [0.25, 0.3) is 0 Å². The number of rotatable bonds is 7. The lowest BCUT2D eigenvalue weighted by Crippen LogP contribution is -2.35. The van der Waals surface area contributed by atoms with Crippen molar-refractivity contribution >= 4 is 17.2 Å². The number of aryl methyl sites for hydroxylation is 3. The highest BCUT2D eigenvalue weighted by molar-refractivity contribution is 7.11. The second-order valence-corrected chi connectivity index (χ2v) is 8.59. The van der Waals surface area contributed by atoms with Gasteiger partial charge in [0.05, 0.1) is 10.7 Å². The molecule has 1 aliphatic carbocycles. The number of nitrogens with zero attached hydrogens (tertiary/aromatic N) is 1. The normalized spacial score (nSPS) is 22.0. The molecule has 1 fully saturated rings. The molecule has 2 aliphatic rings. The molecule has 1 saturated heterocycles. The van der Waals surface area contributed by atoms with Gasteiger partial charge in [-0.25, -0.2) is 4.98 Å². The summed E-state index contributed by atoms with van der Waals surface area (Å²) >= 11 is 1.89. The Morgan fingerprint density at radius 1 is 1.38 bits per heavy atom. The number of thiazole rings is 1. The van der Waals surface area contributed by atoms with Crippen molar-refractivity contribution in [3.63, 3.8) is 0 Å². The lowest BCUT2D eigenvalue weighted by atomic mass is 9.85. The topological polar surface area (TPSA) is 54.0 Å². The Labute approximate surface area is 149 Å². The quantitative estimate of drug-likeness (QED) is 0.744. The fourth-order valence-electron chi connectivity index (χ4n) is 3.88. The highest BCUT2D eigenvalue weighted by Crippen LogP contribution is 2.27. The van der Waals surface area contributed by atoms with Crippen molar-refractivity contribution in [2.24, 2.45) is 11.8 Å². The van der Waals surface area contributed by atoms with Crippen LogP contribution in [0.3, 0.4) is 0 Å². The zero-order valence-corrected chi connectivity index (χ0v) is 15.7. The van der Waals surface area contributed by atoms with Crippen molar-refractivity contribution in [1.82, 2.24) is 15.6 Å². The van der Waals surface area contributed by atoms with E-state index in [4.69, 9.17) is 4.98 Å². The summed E-state index contributed by atoms with van der Waals surface area (Å²) in [6, 6.07) is 0. The van der Waals surface area contributed by atoms with Gasteiger partial charge in [-0.2, -0.15) is 0 Å². The molecule has 24 heavy (non-hydrogen) atoms. The molecule has 134 valence electrons. The molecule has 2 heterocycles. The van der Waals surface area contributed by atoms with Gasteiger partial charge in [-0.1, -0.05) is 6.92 Å². The van der Waals surface area contributed by atoms with Gasteiger partial charge < -0.3 is 10.6 Å². The molecule has 4 nitrogen and oxygen atoms in total. The minimum Gasteiger partial charge on any atom is -0.356 e. The van der Waals surface area contributed by atoms with Crippen LogP contribution in [0.5, 0.6) is 0 Å². The molecule has 1 aromatic rings. The maximum atomic E-state index is 12.1. The molecular formula is C19H31N3OS. The van der Waals surface area contributed by atoms with Crippen LogP contribution in [-0.4, -0.2) is 30.5 Å². The van der Waals surface area contributed by atoms with Crippen molar-refractivity contribution in [3.05, 3.63) is 15.6 Å². The zero-order valence-electron chi connectivity index (χ0n) is 14.9. The average Bonchev–Trinajstić information content (AvgIpc) is 3.02. The maximum absolute atomic E-state index is 12.1. The standard InChI is InChI=1S/C19H31N3OS/c1-14(15-6-4-10-20-13-15)12-18(23)21-11-5-9-19-22-16-7-2-3-8-17(16)24-19/h14-15,20H,2-13H2,1H3,(H,21,23). The molecule has 1 amide bonds. The molecule has 2 N–H and O–H groups in total. The van der Waals surface area contributed by atoms with Crippen molar-refractivity contribution in [2.75, 3.05) is 19.6 Å². The van der Waals surface area contributed by atoms with Crippen molar-refractivity contribution in [2.45, 2.75) is 64.7 Å². The number of amides is 1. The second kappa shape index (κ2) is 8.95. The first-order valence-electron chi connectivity index (χ1n) is 9.67. The van der Waals surface area contributed by atoms with Gasteiger partial charge in [-0.05, 0) is 69.9 Å². The summed E-state index contributed by atoms with van der Waals surface area (Å²) in [4.78, 5) is 18.4. The number of carbonyl (C=O) groups excluding carboxylic acids is 1. The third-order valence-electron chi connectivity index (χ3n) is 5.43. The predicted octanol–water partition coefficient (Wildman–Crippen LogP) is 3.10. The Hall–Kier alpha value is -0.940. The summed E-state index contributed by atoms with van der Waals surface area (Å²) in [5, 5.41) is 7.81. The van der Waals surface area contributed by atoms with Crippen molar-refractivity contribution < 1.29 is 4.79 Å². The lowest BCUT2D eigenvalue weighted by Gasteiger charge is -2.28. The monoisotopic (exact) mass is 349 g/mol. The van der Waals surface area contributed by atoms with E-state index in [0.717, 1.165) is 38.9 Å². The van der Waals surface area contributed by atoms with Crippen LogP contribution in [-0.2, 0) is 24.1 Å². The minimum absolute atomic E-state index is 0.214. The molecule has 0 bridgehead atoms. The van der Waals surface area contributed by atoms with E-state index in [-0.39, 0.29) is 5.91 Å². The fraction of sp³-hybridized carbons (Fsp3) is 0.789. The molecule has 3 rings (SSSR count). The van der Waals surface area contributed by atoms with E-state index in [1.54, 1.807) is 0 Å². The molecular weight excluding hydrogens is 318 g/mol. The van der Waals surface area contributed by atoms with E-state index in [0.29, 0.717) is 18.3 Å². The van der Waals surface area contributed by atoms with Gasteiger partial charge in [0.15, 0.2) is 0 Å². The zero-order chi connectivity index (χ0) is 16.8. The second-order valence-electron chi connectivity index (χ2n) is 7.43. The average molecular weight is 350 g/mol. The summed E-state index contributed by atoms with van der Waals surface area (Å²) < 4.78 is 0. The van der Waals surface area contributed by atoms with E-state index in [9.17, 15) is 4.79 Å². The summed E-state index contributed by atoms with van der Waals surface area (Å²) in [6.07, 6.45) is 10.2. The smallest absolute Gasteiger partial charge is 0.220 e. The molecule has 2 atom stereocenters. The Balaban J connectivity index is 1.32. The first-order chi connectivity index (χ1) is 11.7. The van der Waals surface area contributed by atoms with E-state index in [2.05, 4.69) is 17.6 Å². The highest BCUT2D eigenvalue weighted by atomic mass is 32.1. The van der Waals surface area contributed by atoms with E-state index in [1.165, 1.54) is 47.7 Å². The van der Waals surface area contributed by atoms with Crippen LogP contribution in [0.4, 0.5) is 0 Å². The van der Waals surface area contributed by atoms with Crippen LogP contribution in [0, 0.1) is 11.8 Å². The lowest BCUT2D eigenvalue weighted by molar-refractivity contribution is -0.122. The summed E-state index contributed by atoms with van der Waals surface area (Å²) in [5.74, 6) is 1.35. The third kappa shape index (κ3) is 5.03. The van der Waals surface area contributed by atoms with Crippen LogP contribution < -0.4 is 10.6 Å². The van der Waals surface area contributed by atoms with Crippen molar-refractivity contribution in [3.8, 4) is 0 Å². The summed E-state index contributed by atoms with van der Waals surface area (Å²) in [6.45, 7) is 5.20. The van der Waals surface area contributed by atoms with Gasteiger partial charge in [0.1, 0.15) is 0 Å². The van der Waals surface area contributed by atoms with Crippen LogP contribution in [0.15, 0.2) is 0 Å². The number of hydrogen-bond donors (Lipinski definition) is 2. The van der Waals surface area contributed by atoms with Crippen LogP contribution >= 0.6 is 11.3 Å². The number of piperidine rings is 1. The molecule has 2 unspecified atom stereocenters. The SMILES string of the molecule is CC(CC(=O)NCCCc1nc2c(s1)CCCC2)C1CCCNC1. The van der Waals surface area contributed by atoms with Crippen LogP contribution in [0.2, 0.25) is 0 Å². The van der Waals surface area contributed by atoms with E-state index < -0.39 is 0 Å². The van der Waals surface area contributed by atoms with E-state index >= 15 is 0 Å². The Bertz CT molecular complexity index is 513. The number of carbonyl (C=O) groups is 1. The highest BCUT2D eigenvalue weighted by Gasteiger charge is 2.21. The van der Waals surface area contributed by atoms with Crippen molar-refractivity contribution in [1.29, 1.82) is 0 Å². The molecule has 1 aliphatic heterocycles. The summed E-state index contributed by atoms with van der Waals surface area (Å²) in [5.41, 5.74) is 1.35. The predicted molar refractivity (Wildman–Crippen MR) is 99.5 cm³/mol. The van der Waals surface area contributed by atoms with E-state index in [1.807, 2.05) is 11.3 Å².